The van der Waals surface area contributed by atoms with Gasteiger partial charge in [-0.1, -0.05) is 6.07 Å². The molecule has 1 aromatic heterocycles. The lowest BCUT2D eigenvalue weighted by Gasteiger charge is -2.13. The number of carbonyl (C=O) groups is 1. The molecule has 0 aliphatic rings. The molecule has 1 atom stereocenters. The summed E-state index contributed by atoms with van der Waals surface area (Å²) in [5.74, 6) is 0.266. The van der Waals surface area contributed by atoms with E-state index in [2.05, 4.69) is 5.32 Å². The van der Waals surface area contributed by atoms with Gasteiger partial charge in [-0.05, 0) is 36.3 Å². The van der Waals surface area contributed by atoms with Crippen molar-refractivity contribution in [3.05, 3.63) is 22.4 Å². The third kappa shape index (κ3) is 5.01. The van der Waals surface area contributed by atoms with E-state index in [1.807, 2.05) is 23.8 Å². The van der Waals surface area contributed by atoms with Crippen LogP contribution in [0.25, 0.3) is 0 Å². The molecule has 3 nitrogen and oxygen atoms in total. The second kappa shape index (κ2) is 7.70. The number of aliphatic carboxylic acids is 1. The minimum atomic E-state index is -0.752. The summed E-state index contributed by atoms with van der Waals surface area (Å²) in [6.07, 6.45) is 3.67. The first-order valence-electron chi connectivity index (χ1n) is 5.21. The Kier molecular flexibility index (Phi) is 6.52. The lowest BCUT2D eigenvalue weighted by molar-refractivity contribution is -0.139. The lowest BCUT2D eigenvalue weighted by atomic mass is 10.1. The Morgan fingerprint density at radius 2 is 2.50 bits per heavy atom. The van der Waals surface area contributed by atoms with Gasteiger partial charge in [-0.15, -0.1) is 11.3 Å². The van der Waals surface area contributed by atoms with Crippen molar-refractivity contribution >= 4 is 29.1 Å². The number of hydrogen-bond donors (Lipinski definition) is 2. The molecule has 1 unspecified atom stereocenters. The highest BCUT2D eigenvalue weighted by Gasteiger charge is 2.15. The van der Waals surface area contributed by atoms with Gasteiger partial charge in [-0.3, -0.25) is 10.1 Å². The molecule has 1 heterocycles. The summed E-state index contributed by atoms with van der Waals surface area (Å²) in [7, 11) is 0. The van der Waals surface area contributed by atoms with Crippen molar-refractivity contribution in [3.8, 4) is 0 Å². The number of hydrogen-bond acceptors (Lipinski definition) is 4. The molecule has 90 valence electrons. The summed E-state index contributed by atoms with van der Waals surface area (Å²) in [5, 5.41) is 14.1. The van der Waals surface area contributed by atoms with E-state index in [0.29, 0.717) is 13.0 Å². The van der Waals surface area contributed by atoms with Crippen molar-refractivity contribution in [2.75, 3.05) is 12.0 Å². The van der Waals surface area contributed by atoms with E-state index < -0.39 is 12.0 Å². The zero-order valence-electron chi connectivity index (χ0n) is 9.31. The van der Waals surface area contributed by atoms with Crippen LogP contribution in [0.15, 0.2) is 17.5 Å². The molecule has 0 amide bonds. The Balaban J connectivity index is 2.30. The van der Waals surface area contributed by atoms with Gasteiger partial charge in [-0.25, -0.2) is 0 Å². The molecule has 0 bridgehead atoms. The molecule has 0 saturated heterocycles. The van der Waals surface area contributed by atoms with Gasteiger partial charge >= 0.3 is 5.97 Å². The molecular weight excluding hydrogens is 242 g/mol. The number of carboxylic acid groups (broad SMARTS) is 1. The van der Waals surface area contributed by atoms with Gasteiger partial charge in [0.05, 0.1) is 0 Å². The van der Waals surface area contributed by atoms with Gasteiger partial charge in [0.1, 0.15) is 6.04 Å². The molecule has 0 radical (unpaired) electrons. The van der Waals surface area contributed by atoms with Crippen LogP contribution in [0.5, 0.6) is 0 Å². The highest BCUT2D eigenvalue weighted by molar-refractivity contribution is 7.98. The highest BCUT2D eigenvalue weighted by atomic mass is 32.2. The molecule has 0 fully saturated rings. The van der Waals surface area contributed by atoms with E-state index in [1.165, 1.54) is 4.88 Å². The van der Waals surface area contributed by atoms with Gasteiger partial charge < -0.3 is 5.11 Å². The Morgan fingerprint density at radius 3 is 3.06 bits per heavy atom. The van der Waals surface area contributed by atoms with Crippen LogP contribution in [-0.4, -0.2) is 29.1 Å². The fraction of sp³-hybridized carbons (Fsp3) is 0.545. The normalized spacial score (nSPS) is 12.6. The third-order valence-corrected chi connectivity index (χ3v) is 3.82. The fourth-order valence-electron chi connectivity index (χ4n) is 1.38. The number of carboxylic acids is 1. The standard InChI is InChI=1S/C11H17NO2S2/c1-15-6-3-5-10(11(13)14)12-8-9-4-2-7-16-9/h2,4,7,10,12H,3,5-6,8H2,1H3,(H,13,14). The average Bonchev–Trinajstić information content (AvgIpc) is 2.75. The third-order valence-electron chi connectivity index (χ3n) is 2.24. The van der Waals surface area contributed by atoms with Crippen molar-refractivity contribution < 1.29 is 9.90 Å². The number of thiophene rings is 1. The van der Waals surface area contributed by atoms with E-state index in [0.717, 1.165) is 12.2 Å². The maximum atomic E-state index is 11.0. The molecule has 0 aliphatic carbocycles. The monoisotopic (exact) mass is 259 g/mol. The van der Waals surface area contributed by atoms with E-state index >= 15 is 0 Å². The maximum Gasteiger partial charge on any atom is 0.320 e. The van der Waals surface area contributed by atoms with E-state index in [4.69, 9.17) is 5.11 Å². The fourth-order valence-corrected chi connectivity index (χ4v) is 2.49. The summed E-state index contributed by atoms with van der Waals surface area (Å²) < 4.78 is 0. The minimum Gasteiger partial charge on any atom is -0.480 e. The van der Waals surface area contributed by atoms with Crippen LogP contribution in [0.1, 0.15) is 17.7 Å². The van der Waals surface area contributed by atoms with Gasteiger partial charge in [0.15, 0.2) is 0 Å². The molecule has 1 aromatic rings. The first kappa shape index (κ1) is 13.5. The number of thioether (sulfide) groups is 1. The quantitative estimate of drug-likeness (QED) is 0.704. The average molecular weight is 259 g/mol. The lowest BCUT2D eigenvalue weighted by Crippen LogP contribution is -2.36. The Bertz CT molecular complexity index is 301. The molecule has 5 heteroatoms. The van der Waals surface area contributed by atoms with Crippen molar-refractivity contribution in [1.82, 2.24) is 5.32 Å². The second-order valence-electron chi connectivity index (χ2n) is 3.49. The molecule has 0 spiro atoms. The van der Waals surface area contributed by atoms with Crippen LogP contribution in [0.4, 0.5) is 0 Å². The summed E-state index contributed by atoms with van der Waals surface area (Å²) in [6.45, 7) is 0.647. The van der Waals surface area contributed by atoms with E-state index in [1.54, 1.807) is 23.1 Å². The highest BCUT2D eigenvalue weighted by Crippen LogP contribution is 2.09. The van der Waals surface area contributed by atoms with Gasteiger partial charge in [0.2, 0.25) is 0 Å². The Labute approximate surface area is 104 Å². The summed E-state index contributed by atoms with van der Waals surface area (Å²) in [5.41, 5.74) is 0. The number of rotatable bonds is 8. The molecule has 16 heavy (non-hydrogen) atoms. The van der Waals surface area contributed by atoms with Crippen LogP contribution < -0.4 is 5.32 Å². The van der Waals surface area contributed by atoms with E-state index in [9.17, 15) is 4.79 Å². The second-order valence-corrected chi connectivity index (χ2v) is 5.50. The molecule has 0 aromatic carbocycles. The first-order chi connectivity index (χ1) is 7.74. The zero-order valence-corrected chi connectivity index (χ0v) is 10.9. The van der Waals surface area contributed by atoms with Crippen molar-refractivity contribution in [2.24, 2.45) is 0 Å². The Hall–Kier alpha value is -0.520. The summed E-state index contributed by atoms with van der Waals surface area (Å²) in [4.78, 5) is 12.2. The van der Waals surface area contributed by atoms with E-state index in [-0.39, 0.29) is 0 Å². The summed E-state index contributed by atoms with van der Waals surface area (Å²) >= 11 is 3.40. The van der Waals surface area contributed by atoms with Crippen LogP contribution in [0.3, 0.4) is 0 Å². The molecule has 0 aliphatic heterocycles. The first-order valence-corrected chi connectivity index (χ1v) is 7.49. The largest absolute Gasteiger partial charge is 0.480 e. The van der Waals surface area contributed by atoms with Gasteiger partial charge in [-0.2, -0.15) is 11.8 Å². The van der Waals surface area contributed by atoms with Crippen molar-refractivity contribution in [2.45, 2.75) is 25.4 Å². The predicted molar refractivity (Wildman–Crippen MR) is 70.2 cm³/mol. The molecule has 1 rings (SSSR count). The van der Waals surface area contributed by atoms with Crippen LogP contribution in [0.2, 0.25) is 0 Å². The van der Waals surface area contributed by atoms with Crippen molar-refractivity contribution in [3.63, 3.8) is 0 Å². The van der Waals surface area contributed by atoms with Crippen LogP contribution in [0, 0.1) is 0 Å². The van der Waals surface area contributed by atoms with Gasteiger partial charge in [0.25, 0.3) is 0 Å². The topological polar surface area (TPSA) is 49.3 Å². The Morgan fingerprint density at radius 1 is 1.69 bits per heavy atom. The van der Waals surface area contributed by atoms with Crippen LogP contribution >= 0.6 is 23.1 Å². The predicted octanol–water partition coefficient (Wildman–Crippen LogP) is 2.43. The number of nitrogens with one attached hydrogen (secondary N) is 1. The van der Waals surface area contributed by atoms with Crippen molar-refractivity contribution in [1.29, 1.82) is 0 Å². The molecule has 2 N–H and O–H groups in total. The molecule has 0 saturated carbocycles. The summed E-state index contributed by atoms with van der Waals surface area (Å²) in [6, 6.07) is 3.57. The maximum absolute atomic E-state index is 11.0. The SMILES string of the molecule is CSCCCC(NCc1cccs1)C(=O)O. The smallest absolute Gasteiger partial charge is 0.320 e. The zero-order chi connectivity index (χ0) is 11.8. The van der Waals surface area contributed by atoms with Crippen LogP contribution in [-0.2, 0) is 11.3 Å². The molecular formula is C11H17NO2S2. The minimum absolute atomic E-state index is 0.422. The van der Waals surface area contributed by atoms with Gasteiger partial charge in [0, 0.05) is 11.4 Å².